The number of nitrogens with zero attached hydrogens (tertiary/aromatic N) is 1. The minimum absolute atomic E-state index is 0.393. The summed E-state index contributed by atoms with van der Waals surface area (Å²) in [5.74, 6) is -0.856. The normalized spacial score (nSPS) is 10.3. The van der Waals surface area contributed by atoms with Crippen LogP contribution >= 0.6 is 0 Å². The fraction of sp³-hybridized carbons (Fsp3) is 0.500. The summed E-state index contributed by atoms with van der Waals surface area (Å²) in [7, 11) is 3.79. The van der Waals surface area contributed by atoms with Crippen LogP contribution in [-0.4, -0.2) is 25.2 Å². The van der Waals surface area contributed by atoms with Crippen molar-refractivity contribution in [3.05, 3.63) is 29.3 Å². The van der Waals surface area contributed by atoms with E-state index in [1.165, 1.54) is 12.8 Å². The second-order valence-corrected chi connectivity index (χ2v) is 4.47. The molecule has 1 rings (SSSR count). The fourth-order valence-corrected chi connectivity index (χ4v) is 2.06. The van der Waals surface area contributed by atoms with Crippen molar-refractivity contribution in [2.24, 2.45) is 0 Å². The lowest BCUT2D eigenvalue weighted by atomic mass is 10.0. The van der Waals surface area contributed by atoms with Gasteiger partial charge < -0.3 is 10.0 Å². The Morgan fingerprint density at radius 1 is 1.29 bits per heavy atom. The molecule has 0 fully saturated rings. The maximum atomic E-state index is 11.2. The van der Waals surface area contributed by atoms with E-state index < -0.39 is 5.97 Å². The van der Waals surface area contributed by atoms with Crippen LogP contribution in [0.4, 0.5) is 5.69 Å². The lowest BCUT2D eigenvalue weighted by Crippen LogP contribution is -2.16. The molecule has 0 heterocycles. The monoisotopic (exact) mass is 235 g/mol. The van der Waals surface area contributed by atoms with E-state index in [1.807, 2.05) is 31.1 Å². The highest BCUT2D eigenvalue weighted by molar-refractivity contribution is 5.95. The molecule has 0 aliphatic rings. The third-order valence-electron chi connectivity index (χ3n) is 2.85. The van der Waals surface area contributed by atoms with E-state index in [-0.39, 0.29) is 0 Å². The molecule has 17 heavy (non-hydrogen) atoms. The second-order valence-electron chi connectivity index (χ2n) is 4.47. The largest absolute Gasteiger partial charge is 0.478 e. The predicted molar refractivity (Wildman–Crippen MR) is 71.0 cm³/mol. The van der Waals surface area contributed by atoms with Crippen LogP contribution in [0.5, 0.6) is 0 Å². The van der Waals surface area contributed by atoms with Crippen molar-refractivity contribution in [3.8, 4) is 0 Å². The van der Waals surface area contributed by atoms with E-state index in [4.69, 9.17) is 0 Å². The number of aryl methyl sites for hydroxylation is 1. The Morgan fingerprint density at radius 2 is 2.00 bits per heavy atom. The number of aromatic carboxylic acids is 1. The predicted octanol–water partition coefficient (Wildman–Crippen LogP) is 3.18. The van der Waals surface area contributed by atoms with Gasteiger partial charge in [-0.15, -0.1) is 0 Å². The van der Waals surface area contributed by atoms with Crippen molar-refractivity contribution >= 4 is 11.7 Å². The minimum atomic E-state index is -0.856. The molecular weight excluding hydrogens is 214 g/mol. The minimum Gasteiger partial charge on any atom is -0.478 e. The van der Waals surface area contributed by atoms with Gasteiger partial charge in [-0.2, -0.15) is 0 Å². The smallest absolute Gasteiger partial charge is 0.337 e. The van der Waals surface area contributed by atoms with Crippen LogP contribution in [0.3, 0.4) is 0 Å². The van der Waals surface area contributed by atoms with Gasteiger partial charge in [0.2, 0.25) is 0 Å². The summed E-state index contributed by atoms with van der Waals surface area (Å²) >= 11 is 0. The zero-order valence-electron chi connectivity index (χ0n) is 10.9. The first-order valence-corrected chi connectivity index (χ1v) is 6.10. The van der Waals surface area contributed by atoms with E-state index in [0.29, 0.717) is 5.56 Å². The molecule has 0 aliphatic heterocycles. The molecule has 0 bridgehead atoms. The molecule has 0 spiro atoms. The molecule has 0 radical (unpaired) electrons. The number of carboxylic acid groups (broad SMARTS) is 1. The van der Waals surface area contributed by atoms with Crippen molar-refractivity contribution < 1.29 is 9.90 Å². The van der Waals surface area contributed by atoms with Crippen LogP contribution in [0, 0.1) is 0 Å². The zero-order chi connectivity index (χ0) is 12.8. The van der Waals surface area contributed by atoms with Gasteiger partial charge in [0.1, 0.15) is 0 Å². The number of anilines is 1. The lowest BCUT2D eigenvalue weighted by Gasteiger charge is -2.20. The Morgan fingerprint density at radius 3 is 2.53 bits per heavy atom. The summed E-state index contributed by atoms with van der Waals surface area (Å²) in [6, 6.07) is 5.52. The van der Waals surface area contributed by atoms with Crippen molar-refractivity contribution in [2.45, 2.75) is 32.6 Å². The van der Waals surface area contributed by atoms with Crippen LogP contribution in [0.1, 0.15) is 42.1 Å². The summed E-state index contributed by atoms with van der Waals surface area (Å²) < 4.78 is 0. The first-order chi connectivity index (χ1) is 8.07. The van der Waals surface area contributed by atoms with Crippen molar-refractivity contribution in [1.29, 1.82) is 0 Å². The van der Waals surface area contributed by atoms with E-state index in [1.54, 1.807) is 6.07 Å². The van der Waals surface area contributed by atoms with Crippen LogP contribution in [0.15, 0.2) is 18.2 Å². The van der Waals surface area contributed by atoms with E-state index in [9.17, 15) is 9.90 Å². The van der Waals surface area contributed by atoms with Crippen LogP contribution in [0.25, 0.3) is 0 Å². The standard InChI is InChI=1S/C14H21NO2/c1-4-5-6-8-11-9-7-10-12(14(16)17)13(11)15(2)3/h7,9-10H,4-6,8H2,1-3H3,(H,16,17). The van der Waals surface area contributed by atoms with E-state index in [2.05, 4.69) is 6.92 Å². The molecule has 3 heteroatoms. The summed E-state index contributed by atoms with van der Waals surface area (Å²) in [6.07, 6.45) is 4.42. The van der Waals surface area contributed by atoms with Crippen molar-refractivity contribution in [2.75, 3.05) is 19.0 Å². The maximum Gasteiger partial charge on any atom is 0.337 e. The van der Waals surface area contributed by atoms with E-state index in [0.717, 1.165) is 24.1 Å². The van der Waals surface area contributed by atoms with Crippen LogP contribution in [-0.2, 0) is 6.42 Å². The second kappa shape index (κ2) is 6.28. The Balaban J connectivity index is 3.03. The SMILES string of the molecule is CCCCCc1cccc(C(=O)O)c1N(C)C. The molecule has 0 atom stereocenters. The molecule has 94 valence electrons. The highest BCUT2D eigenvalue weighted by Gasteiger charge is 2.14. The van der Waals surface area contributed by atoms with Gasteiger partial charge in [0.15, 0.2) is 0 Å². The van der Waals surface area contributed by atoms with Crippen molar-refractivity contribution in [1.82, 2.24) is 0 Å². The average molecular weight is 235 g/mol. The zero-order valence-corrected chi connectivity index (χ0v) is 10.9. The maximum absolute atomic E-state index is 11.2. The number of hydrogen-bond acceptors (Lipinski definition) is 2. The topological polar surface area (TPSA) is 40.5 Å². The van der Waals surface area contributed by atoms with Gasteiger partial charge in [-0.25, -0.2) is 4.79 Å². The molecule has 0 saturated heterocycles. The first-order valence-electron chi connectivity index (χ1n) is 6.10. The molecule has 1 aromatic rings. The highest BCUT2D eigenvalue weighted by Crippen LogP contribution is 2.25. The number of carbonyl (C=O) groups is 1. The quantitative estimate of drug-likeness (QED) is 0.770. The molecule has 0 aromatic heterocycles. The number of unbranched alkanes of at least 4 members (excludes halogenated alkanes) is 2. The summed E-state index contributed by atoms with van der Waals surface area (Å²) in [5.41, 5.74) is 2.36. The van der Waals surface area contributed by atoms with Crippen LogP contribution in [0.2, 0.25) is 0 Å². The first kappa shape index (κ1) is 13.6. The molecule has 3 nitrogen and oxygen atoms in total. The molecule has 0 saturated carbocycles. The van der Waals surface area contributed by atoms with E-state index >= 15 is 0 Å². The summed E-state index contributed by atoms with van der Waals surface area (Å²) in [4.78, 5) is 13.1. The Hall–Kier alpha value is -1.51. The molecule has 0 amide bonds. The number of rotatable bonds is 6. The average Bonchev–Trinajstić information content (AvgIpc) is 2.28. The van der Waals surface area contributed by atoms with Gasteiger partial charge in [0.25, 0.3) is 0 Å². The number of hydrogen-bond donors (Lipinski definition) is 1. The number of benzene rings is 1. The fourth-order valence-electron chi connectivity index (χ4n) is 2.06. The molecule has 1 N–H and O–H groups in total. The number of carboxylic acids is 1. The van der Waals surface area contributed by atoms with Gasteiger partial charge in [-0.3, -0.25) is 0 Å². The Kier molecular flexibility index (Phi) is 5.01. The van der Waals surface area contributed by atoms with Gasteiger partial charge in [-0.05, 0) is 24.5 Å². The lowest BCUT2D eigenvalue weighted by molar-refractivity contribution is 0.0697. The van der Waals surface area contributed by atoms with Gasteiger partial charge in [0.05, 0.1) is 11.3 Å². The van der Waals surface area contributed by atoms with Gasteiger partial charge in [-0.1, -0.05) is 31.9 Å². The van der Waals surface area contributed by atoms with Crippen molar-refractivity contribution in [3.63, 3.8) is 0 Å². The van der Waals surface area contributed by atoms with Gasteiger partial charge in [0, 0.05) is 14.1 Å². The Bertz CT molecular complexity index is 386. The molecular formula is C14H21NO2. The summed E-state index contributed by atoms with van der Waals surface area (Å²) in [5, 5.41) is 9.18. The summed E-state index contributed by atoms with van der Waals surface area (Å²) in [6.45, 7) is 2.17. The highest BCUT2D eigenvalue weighted by atomic mass is 16.4. The van der Waals surface area contributed by atoms with Crippen LogP contribution < -0.4 is 4.90 Å². The third kappa shape index (κ3) is 3.48. The van der Waals surface area contributed by atoms with Gasteiger partial charge >= 0.3 is 5.97 Å². The Labute approximate surface area is 103 Å². The molecule has 0 unspecified atom stereocenters. The molecule has 1 aromatic carbocycles. The molecule has 0 aliphatic carbocycles. The third-order valence-corrected chi connectivity index (χ3v) is 2.85. The number of para-hydroxylation sites is 1.